The summed E-state index contributed by atoms with van der Waals surface area (Å²) in [5.74, 6) is -1.28. The third-order valence-electron chi connectivity index (χ3n) is 7.10. The molecular formula is C28H39N5O6. The fraction of sp³-hybridized carbons (Fsp3) is 0.536. The summed E-state index contributed by atoms with van der Waals surface area (Å²) in [7, 11) is 0. The number of amides is 4. The van der Waals surface area contributed by atoms with E-state index < -0.39 is 47.5 Å². The average molecular weight is 542 g/mol. The van der Waals surface area contributed by atoms with Gasteiger partial charge in [-0.1, -0.05) is 69.1 Å². The van der Waals surface area contributed by atoms with Crippen LogP contribution in [0.15, 0.2) is 34.9 Å². The minimum atomic E-state index is -1.37. The first-order valence-electron chi connectivity index (χ1n) is 13.3. The highest BCUT2D eigenvalue weighted by Crippen LogP contribution is 2.37. The van der Waals surface area contributed by atoms with Gasteiger partial charge < -0.3 is 25.2 Å². The highest BCUT2D eigenvalue weighted by atomic mass is 16.5. The summed E-state index contributed by atoms with van der Waals surface area (Å²) in [6.07, 6.45) is -0.638. The van der Waals surface area contributed by atoms with Crippen molar-refractivity contribution in [1.29, 1.82) is 0 Å². The molecule has 39 heavy (non-hydrogen) atoms. The Morgan fingerprint density at radius 1 is 1.21 bits per heavy atom. The molecule has 1 fully saturated rings. The fourth-order valence-electron chi connectivity index (χ4n) is 5.04. The van der Waals surface area contributed by atoms with Gasteiger partial charge in [0.25, 0.3) is 5.91 Å². The van der Waals surface area contributed by atoms with E-state index in [1.165, 1.54) is 4.90 Å². The van der Waals surface area contributed by atoms with Crippen molar-refractivity contribution in [2.24, 2.45) is 5.41 Å². The van der Waals surface area contributed by atoms with E-state index in [0.29, 0.717) is 36.4 Å². The van der Waals surface area contributed by atoms with Crippen LogP contribution in [0.3, 0.4) is 0 Å². The lowest BCUT2D eigenvalue weighted by Gasteiger charge is -2.37. The summed E-state index contributed by atoms with van der Waals surface area (Å²) < 4.78 is 5.14. The molecule has 0 radical (unpaired) electrons. The van der Waals surface area contributed by atoms with Gasteiger partial charge in [-0.25, -0.2) is 9.59 Å². The number of urea groups is 1. The van der Waals surface area contributed by atoms with Crippen LogP contribution in [0, 0.1) is 19.3 Å². The molecule has 0 aliphatic carbocycles. The number of benzene rings is 1. The molecule has 3 atom stereocenters. The lowest BCUT2D eigenvalue weighted by Crippen LogP contribution is -2.58. The predicted molar refractivity (Wildman–Crippen MR) is 145 cm³/mol. The number of rotatable bonds is 10. The van der Waals surface area contributed by atoms with E-state index in [1.54, 1.807) is 20.8 Å². The number of nitrogens with one attached hydrogen (secondary N) is 2. The van der Waals surface area contributed by atoms with Crippen molar-refractivity contribution in [3.8, 4) is 0 Å². The van der Waals surface area contributed by atoms with Gasteiger partial charge in [0.15, 0.2) is 5.76 Å². The molecule has 1 saturated heterocycles. The Balaban J connectivity index is 1.90. The minimum absolute atomic E-state index is 0.158. The summed E-state index contributed by atoms with van der Waals surface area (Å²) in [5.41, 5.74) is 1.29. The maximum atomic E-state index is 13.5. The quantitative estimate of drug-likeness (QED) is 0.364. The number of ketones is 1. The Labute approximate surface area is 228 Å². The Hall–Kier alpha value is -3.89. The van der Waals surface area contributed by atoms with Crippen LogP contribution in [-0.4, -0.2) is 62.6 Å². The summed E-state index contributed by atoms with van der Waals surface area (Å²) >= 11 is 0. The maximum absolute atomic E-state index is 13.5. The number of aromatic nitrogens is 1. The monoisotopic (exact) mass is 541 g/mol. The number of hydrogen-bond acceptors (Lipinski definition) is 6. The van der Waals surface area contributed by atoms with E-state index >= 15 is 0 Å². The number of carbonyl (C=O) groups excluding carboxylic acids is 3. The van der Waals surface area contributed by atoms with Crippen molar-refractivity contribution < 1.29 is 28.8 Å². The number of anilines is 1. The molecule has 0 spiro atoms. The molecule has 4 amide bonds. The number of carboxylic acid groups (broad SMARTS) is 1. The molecule has 212 valence electrons. The summed E-state index contributed by atoms with van der Waals surface area (Å²) in [6.45, 7) is 11.2. The van der Waals surface area contributed by atoms with Gasteiger partial charge in [-0.15, -0.1) is 0 Å². The summed E-state index contributed by atoms with van der Waals surface area (Å²) in [4.78, 5) is 55.2. The fourth-order valence-corrected chi connectivity index (χ4v) is 5.04. The summed E-state index contributed by atoms with van der Waals surface area (Å²) in [5, 5.41) is 19.7. The normalized spacial score (nSPS) is 17.8. The van der Waals surface area contributed by atoms with E-state index in [2.05, 4.69) is 15.8 Å². The second-order valence-corrected chi connectivity index (χ2v) is 10.9. The number of likely N-dealkylation sites (tertiary alicyclic amines) is 1. The second-order valence-electron chi connectivity index (χ2n) is 10.9. The Morgan fingerprint density at radius 2 is 1.87 bits per heavy atom. The average Bonchev–Trinajstić information content (AvgIpc) is 3.38. The van der Waals surface area contributed by atoms with Crippen LogP contribution in [0.5, 0.6) is 0 Å². The van der Waals surface area contributed by atoms with Gasteiger partial charge in [0.2, 0.25) is 5.78 Å². The summed E-state index contributed by atoms with van der Waals surface area (Å²) in [6, 6.07) is 6.96. The zero-order chi connectivity index (χ0) is 28.9. The third-order valence-corrected chi connectivity index (χ3v) is 7.10. The lowest BCUT2D eigenvalue weighted by atomic mass is 9.91. The van der Waals surface area contributed by atoms with Crippen LogP contribution < -0.4 is 10.6 Å². The highest BCUT2D eigenvalue weighted by Gasteiger charge is 2.48. The third kappa shape index (κ3) is 6.96. The maximum Gasteiger partial charge on any atom is 0.409 e. The molecule has 3 rings (SSSR count). The highest BCUT2D eigenvalue weighted by molar-refractivity contribution is 6.38. The van der Waals surface area contributed by atoms with Crippen LogP contribution in [0.1, 0.15) is 76.4 Å². The van der Waals surface area contributed by atoms with Crippen LogP contribution in [0.2, 0.25) is 0 Å². The van der Waals surface area contributed by atoms with Gasteiger partial charge in [-0.05, 0) is 44.6 Å². The van der Waals surface area contributed by atoms with Gasteiger partial charge in [0, 0.05) is 6.54 Å². The van der Waals surface area contributed by atoms with Gasteiger partial charge >= 0.3 is 12.1 Å². The first-order valence-corrected chi connectivity index (χ1v) is 13.3. The van der Waals surface area contributed by atoms with E-state index in [9.17, 15) is 24.3 Å². The van der Waals surface area contributed by atoms with Gasteiger partial charge in [0.1, 0.15) is 23.6 Å². The molecule has 2 aromatic rings. The Morgan fingerprint density at radius 3 is 2.44 bits per heavy atom. The van der Waals surface area contributed by atoms with Crippen LogP contribution >= 0.6 is 0 Å². The van der Waals surface area contributed by atoms with Crippen molar-refractivity contribution in [1.82, 2.24) is 20.3 Å². The lowest BCUT2D eigenvalue weighted by molar-refractivity contribution is -0.142. The zero-order valence-electron chi connectivity index (χ0n) is 23.5. The molecule has 0 saturated carbocycles. The molecule has 1 aliphatic heterocycles. The number of unbranched alkanes of at least 4 members (excludes halogenated alkanes) is 1. The molecule has 11 heteroatoms. The molecule has 0 bridgehead atoms. The molecule has 2 unspecified atom stereocenters. The molecule has 1 aromatic carbocycles. The second kappa shape index (κ2) is 12.3. The topological polar surface area (TPSA) is 145 Å². The Kier molecular flexibility index (Phi) is 9.36. The number of hydrogen-bond donors (Lipinski definition) is 3. The van der Waals surface area contributed by atoms with Crippen molar-refractivity contribution in [3.05, 3.63) is 47.3 Å². The first-order chi connectivity index (χ1) is 18.4. The van der Waals surface area contributed by atoms with Crippen molar-refractivity contribution in [3.63, 3.8) is 0 Å². The van der Waals surface area contributed by atoms with Crippen molar-refractivity contribution >= 4 is 29.5 Å². The predicted octanol–water partition coefficient (Wildman–Crippen LogP) is 4.87. The molecular weight excluding hydrogens is 502 g/mol. The number of Topliss-reactive ketones (excluding diaryl/α,β-unsaturated/α-hetero) is 1. The molecule has 3 N–H and O–H groups in total. The van der Waals surface area contributed by atoms with Crippen molar-refractivity contribution in [2.45, 2.75) is 85.5 Å². The van der Waals surface area contributed by atoms with E-state index in [1.807, 2.05) is 51.1 Å². The smallest absolute Gasteiger partial charge is 0.409 e. The van der Waals surface area contributed by atoms with E-state index in [0.717, 1.165) is 10.5 Å². The first kappa shape index (κ1) is 29.7. The van der Waals surface area contributed by atoms with Crippen molar-refractivity contribution in [2.75, 3.05) is 11.9 Å². The largest absolute Gasteiger partial charge is 0.465 e. The van der Waals surface area contributed by atoms with E-state index in [-0.39, 0.29) is 13.0 Å². The molecule has 11 nitrogen and oxygen atoms in total. The molecule has 1 aromatic heterocycles. The zero-order valence-corrected chi connectivity index (χ0v) is 23.5. The number of nitrogens with zero attached hydrogens (tertiary/aromatic N) is 3. The standard InChI is InChI=1S/C28H39N5O6/c1-7-8-14-21(24(34)25(35)29-17(2)20-12-10-9-11-13-20)33(27(37)38)22-15-28(5,6)16-32(22)26(36)30-23-18(3)31-39-19(23)4/h9-13,17,21-22H,7-8,14-16H2,1-6H3,(H,29,35)(H,30,36)(H,37,38)/t17?,21-,22?/m0/s1. The SMILES string of the molecule is CCCC[C@@H](C(=O)C(=O)NC(C)c1ccccc1)N(C(=O)O)C1CC(C)(C)CN1C(=O)Nc1c(C)noc1C. The van der Waals surface area contributed by atoms with Crippen LogP contribution in [-0.2, 0) is 9.59 Å². The minimum Gasteiger partial charge on any atom is -0.465 e. The van der Waals surface area contributed by atoms with Gasteiger partial charge in [-0.3, -0.25) is 14.5 Å². The number of aryl methyl sites for hydroxylation is 2. The number of carbonyl (C=O) groups is 4. The molecule has 2 heterocycles. The Bertz CT molecular complexity index is 1170. The van der Waals surface area contributed by atoms with Crippen LogP contribution in [0.25, 0.3) is 0 Å². The van der Waals surface area contributed by atoms with E-state index in [4.69, 9.17) is 4.52 Å². The molecule has 1 aliphatic rings. The van der Waals surface area contributed by atoms with Gasteiger partial charge in [0.05, 0.1) is 6.04 Å². The van der Waals surface area contributed by atoms with Crippen LogP contribution in [0.4, 0.5) is 15.3 Å². The van der Waals surface area contributed by atoms with Gasteiger partial charge in [-0.2, -0.15) is 0 Å².